The van der Waals surface area contributed by atoms with Crippen molar-refractivity contribution in [2.75, 3.05) is 13.1 Å². The zero-order valence-electron chi connectivity index (χ0n) is 16.3. The van der Waals surface area contributed by atoms with Gasteiger partial charge in [-0.25, -0.2) is 4.39 Å². The van der Waals surface area contributed by atoms with Gasteiger partial charge in [-0.2, -0.15) is 0 Å². The van der Waals surface area contributed by atoms with Crippen LogP contribution in [0.4, 0.5) is 4.39 Å². The van der Waals surface area contributed by atoms with Crippen LogP contribution in [0.3, 0.4) is 0 Å². The summed E-state index contributed by atoms with van der Waals surface area (Å²) < 4.78 is 13.0. The molecule has 0 radical (unpaired) electrons. The lowest BCUT2D eigenvalue weighted by molar-refractivity contribution is -0.121. The number of nitrogens with zero attached hydrogens (tertiary/aromatic N) is 1. The van der Waals surface area contributed by atoms with Gasteiger partial charge in [-0.3, -0.25) is 9.59 Å². The third-order valence-corrected chi connectivity index (χ3v) is 4.65. The van der Waals surface area contributed by atoms with Gasteiger partial charge >= 0.3 is 0 Å². The lowest BCUT2D eigenvalue weighted by Crippen LogP contribution is -2.40. The van der Waals surface area contributed by atoms with Gasteiger partial charge in [0.25, 0.3) is 5.91 Å². The number of nitrogens with one attached hydrogen (secondary N) is 1. The summed E-state index contributed by atoms with van der Waals surface area (Å²) in [4.78, 5) is 27.0. The minimum absolute atomic E-state index is 0.0420. The SMILES string of the molecule is CCN(CC(=O)NCc1ccc(F)cc1)C(=O)c1ccccc1-c1ccccc1. The summed E-state index contributed by atoms with van der Waals surface area (Å²) in [5.41, 5.74) is 3.15. The van der Waals surface area contributed by atoms with Crippen LogP contribution in [-0.4, -0.2) is 29.8 Å². The highest BCUT2D eigenvalue weighted by molar-refractivity contribution is 6.02. The van der Waals surface area contributed by atoms with Crippen LogP contribution in [0.5, 0.6) is 0 Å². The first-order chi connectivity index (χ1) is 14.1. The Morgan fingerprint density at radius 1 is 0.897 bits per heavy atom. The molecule has 0 aliphatic carbocycles. The van der Waals surface area contributed by atoms with Crippen molar-refractivity contribution in [2.45, 2.75) is 13.5 Å². The van der Waals surface area contributed by atoms with E-state index in [9.17, 15) is 14.0 Å². The van der Waals surface area contributed by atoms with Gasteiger partial charge in [0.2, 0.25) is 5.91 Å². The zero-order chi connectivity index (χ0) is 20.6. The fourth-order valence-electron chi connectivity index (χ4n) is 3.07. The Balaban J connectivity index is 1.69. The van der Waals surface area contributed by atoms with Gasteiger partial charge in [0.05, 0.1) is 6.54 Å². The molecule has 0 heterocycles. The Kier molecular flexibility index (Phi) is 6.74. The maximum Gasteiger partial charge on any atom is 0.254 e. The lowest BCUT2D eigenvalue weighted by Gasteiger charge is -2.22. The molecule has 0 atom stereocenters. The van der Waals surface area contributed by atoms with Gasteiger partial charge in [0, 0.05) is 18.7 Å². The van der Waals surface area contributed by atoms with Crippen LogP contribution in [0.2, 0.25) is 0 Å². The number of benzene rings is 3. The predicted molar refractivity (Wildman–Crippen MR) is 112 cm³/mol. The van der Waals surface area contributed by atoms with Crippen LogP contribution < -0.4 is 5.32 Å². The molecule has 29 heavy (non-hydrogen) atoms. The fourth-order valence-corrected chi connectivity index (χ4v) is 3.07. The van der Waals surface area contributed by atoms with Crippen LogP contribution in [0.25, 0.3) is 11.1 Å². The molecule has 5 heteroatoms. The number of hydrogen-bond donors (Lipinski definition) is 1. The van der Waals surface area contributed by atoms with Crippen molar-refractivity contribution >= 4 is 11.8 Å². The minimum atomic E-state index is -0.320. The molecular weight excluding hydrogens is 367 g/mol. The largest absolute Gasteiger partial charge is 0.350 e. The Morgan fingerprint density at radius 3 is 2.24 bits per heavy atom. The molecule has 0 aliphatic rings. The summed E-state index contributed by atoms with van der Waals surface area (Å²) in [6.45, 7) is 2.49. The van der Waals surface area contributed by atoms with Gasteiger partial charge in [0.1, 0.15) is 5.82 Å². The van der Waals surface area contributed by atoms with E-state index in [0.717, 1.165) is 16.7 Å². The molecule has 4 nitrogen and oxygen atoms in total. The van der Waals surface area contributed by atoms with Crippen molar-refractivity contribution in [3.63, 3.8) is 0 Å². The lowest BCUT2D eigenvalue weighted by atomic mass is 9.99. The highest BCUT2D eigenvalue weighted by atomic mass is 19.1. The second kappa shape index (κ2) is 9.64. The second-order valence-corrected chi connectivity index (χ2v) is 6.63. The molecule has 0 fully saturated rings. The van der Waals surface area contributed by atoms with E-state index in [1.165, 1.54) is 17.0 Å². The fraction of sp³-hybridized carbons (Fsp3) is 0.167. The van der Waals surface area contributed by atoms with Crippen LogP contribution in [0, 0.1) is 5.82 Å². The van der Waals surface area contributed by atoms with Crippen molar-refractivity contribution in [1.29, 1.82) is 0 Å². The van der Waals surface area contributed by atoms with Gasteiger partial charge in [0.15, 0.2) is 0 Å². The van der Waals surface area contributed by atoms with E-state index in [1.807, 2.05) is 55.5 Å². The van der Waals surface area contributed by atoms with E-state index in [2.05, 4.69) is 5.32 Å². The molecule has 3 aromatic rings. The quantitative estimate of drug-likeness (QED) is 0.655. The molecule has 148 valence electrons. The van der Waals surface area contributed by atoms with Gasteiger partial charge in [-0.15, -0.1) is 0 Å². The zero-order valence-corrected chi connectivity index (χ0v) is 16.3. The molecule has 0 spiro atoms. The van der Waals surface area contributed by atoms with E-state index < -0.39 is 0 Å². The number of rotatable bonds is 7. The maximum atomic E-state index is 13.1. The standard InChI is InChI=1S/C24H23FN2O2/c1-2-27(17-23(28)26-16-18-12-14-20(25)15-13-18)24(29)22-11-7-6-10-21(22)19-8-4-3-5-9-19/h3-15H,2,16-17H2,1H3,(H,26,28). The van der Waals surface area contributed by atoms with Crippen LogP contribution in [-0.2, 0) is 11.3 Å². The second-order valence-electron chi connectivity index (χ2n) is 6.63. The van der Waals surface area contributed by atoms with Crippen molar-refractivity contribution in [3.8, 4) is 11.1 Å². The molecule has 0 bridgehead atoms. The van der Waals surface area contributed by atoms with Crippen molar-refractivity contribution in [1.82, 2.24) is 10.2 Å². The summed E-state index contributed by atoms with van der Waals surface area (Å²) in [6, 6.07) is 23.0. The number of carbonyl (C=O) groups is 2. The third kappa shape index (κ3) is 5.29. The molecule has 0 aromatic heterocycles. The van der Waals surface area contributed by atoms with Crippen molar-refractivity contribution < 1.29 is 14.0 Å². The molecule has 1 N–H and O–H groups in total. The topological polar surface area (TPSA) is 49.4 Å². The van der Waals surface area contributed by atoms with Gasteiger partial charge in [-0.1, -0.05) is 60.7 Å². The Morgan fingerprint density at radius 2 is 1.55 bits per heavy atom. The Hall–Kier alpha value is -3.47. The van der Waals surface area contributed by atoms with Crippen molar-refractivity contribution in [3.05, 3.63) is 95.8 Å². The average molecular weight is 390 g/mol. The number of halogens is 1. The highest BCUT2D eigenvalue weighted by Crippen LogP contribution is 2.24. The maximum absolute atomic E-state index is 13.1. The van der Waals surface area contributed by atoms with Gasteiger partial charge < -0.3 is 10.2 Å². The molecular formula is C24H23FN2O2. The first kappa shape index (κ1) is 20.3. The van der Waals surface area contributed by atoms with E-state index in [-0.39, 0.29) is 30.7 Å². The van der Waals surface area contributed by atoms with E-state index >= 15 is 0 Å². The summed E-state index contributed by atoms with van der Waals surface area (Å²) >= 11 is 0. The summed E-state index contributed by atoms with van der Waals surface area (Å²) in [5, 5.41) is 2.78. The smallest absolute Gasteiger partial charge is 0.254 e. The minimum Gasteiger partial charge on any atom is -0.350 e. The van der Waals surface area contributed by atoms with Crippen LogP contribution in [0.1, 0.15) is 22.8 Å². The number of amides is 2. The third-order valence-electron chi connectivity index (χ3n) is 4.65. The molecule has 0 saturated carbocycles. The number of carbonyl (C=O) groups excluding carboxylic acids is 2. The monoisotopic (exact) mass is 390 g/mol. The summed E-state index contributed by atoms with van der Waals surface area (Å²) in [6.07, 6.45) is 0. The molecule has 0 aliphatic heterocycles. The predicted octanol–water partition coefficient (Wildman–Crippen LogP) is 4.27. The van der Waals surface area contributed by atoms with Crippen LogP contribution in [0.15, 0.2) is 78.9 Å². The normalized spacial score (nSPS) is 10.4. The molecule has 3 aromatic carbocycles. The summed E-state index contributed by atoms with van der Waals surface area (Å²) in [5.74, 6) is -0.773. The summed E-state index contributed by atoms with van der Waals surface area (Å²) in [7, 11) is 0. The van der Waals surface area contributed by atoms with E-state index in [0.29, 0.717) is 12.1 Å². The molecule has 0 saturated heterocycles. The van der Waals surface area contributed by atoms with Crippen molar-refractivity contribution in [2.24, 2.45) is 0 Å². The molecule has 3 rings (SSSR count). The highest BCUT2D eigenvalue weighted by Gasteiger charge is 2.20. The van der Waals surface area contributed by atoms with Gasteiger partial charge in [-0.05, 0) is 41.8 Å². The molecule has 0 unspecified atom stereocenters. The number of likely N-dealkylation sites (N-methyl/N-ethyl adjacent to an activating group) is 1. The van der Waals surface area contributed by atoms with E-state index in [4.69, 9.17) is 0 Å². The first-order valence-electron chi connectivity index (χ1n) is 9.53. The first-order valence-corrected chi connectivity index (χ1v) is 9.53. The Labute approximate surface area is 170 Å². The molecule has 2 amide bonds. The average Bonchev–Trinajstić information content (AvgIpc) is 2.77. The number of hydrogen-bond acceptors (Lipinski definition) is 2. The van der Waals surface area contributed by atoms with Crippen LogP contribution >= 0.6 is 0 Å². The van der Waals surface area contributed by atoms with E-state index in [1.54, 1.807) is 18.2 Å². The Bertz CT molecular complexity index is 972.